The van der Waals surface area contributed by atoms with Crippen LogP contribution in [-0.4, -0.2) is 24.3 Å². The quantitative estimate of drug-likeness (QED) is 0.622. The molecule has 1 fully saturated rings. The van der Waals surface area contributed by atoms with E-state index in [1.165, 1.54) is 24.8 Å². The topological polar surface area (TPSA) is 32.3 Å². The molecule has 0 radical (unpaired) electrons. The molecule has 2 N–H and O–H groups in total. The van der Waals surface area contributed by atoms with Crippen LogP contribution in [-0.2, 0) is 0 Å². The van der Waals surface area contributed by atoms with Gasteiger partial charge in [-0.3, -0.25) is 0 Å². The second-order valence-electron chi connectivity index (χ2n) is 3.82. The van der Waals surface area contributed by atoms with Crippen LogP contribution in [0.5, 0.6) is 0 Å². The van der Waals surface area contributed by atoms with Gasteiger partial charge in [0.15, 0.2) is 0 Å². The van der Waals surface area contributed by atoms with E-state index in [-0.39, 0.29) is 0 Å². The zero-order valence-electron chi connectivity index (χ0n) is 7.84. The predicted octanol–water partition coefficient (Wildman–Crippen LogP) is 1.31. The molecule has 0 aliphatic heterocycles. The van der Waals surface area contributed by atoms with E-state index in [2.05, 4.69) is 11.9 Å². The van der Waals surface area contributed by atoms with Gasteiger partial charge in [0.1, 0.15) is 0 Å². The summed E-state index contributed by atoms with van der Waals surface area (Å²) in [6.45, 7) is 7.08. The van der Waals surface area contributed by atoms with Gasteiger partial charge in [-0.1, -0.05) is 18.6 Å². The van der Waals surface area contributed by atoms with Crippen molar-refractivity contribution in [2.75, 3.05) is 13.2 Å². The lowest BCUT2D eigenvalue weighted by Gasteiger charge is -2.18. The Hall–Kier alpha value is -0.340. The number of aliphatic hydroxyl groups excluding tert-OH is 1. The van der Waals surface area contributed by atoms with E-state index in [0.29, 0.717) is 18.6 Å². The third-order valence-corrected chi connectivity index (χ3v) is 2.56. The van der Waals surface area contributed by atoms with Crippen molar-refractivity contribution in [3.05, 3.63) is 12.2 Å². The third-order valence-electron chi connectivity index (χ3n) is 2.56. The molecule has 1 aliphatic carbocycles. The van der Waals surface area contributed by atoms with Crippen LogP contribution in [0.1, 0.15) is 26.2 Å². The highest BCUT2D eigenvalue weighted by Crippen LogP contribution is 2.24. The Morgan fingerprint density at radius 3 is 2.92 bits per heavy atom. The fourth-order valence-electron chi connectivity index (χ4n) is 1.83. The van der Waals surface area contributed by atoms with Crippen molar-refractivity contribution in [1.29, 1.82) is 0 Å². The summed E-state index contributed by atoms with van der Waals surface area (Å²) >= 11 is 0. The molecular formula is C10H19NO. The van der Waals surface area contributed by atoms with Crippen LogP contribution in [0.25, 0.3) is 0 Å². The van der Waals surface area contributed by atoms with Crippen molar-refractivity contribution in [2.24, 2.45) is 5.92 Å². The van der Waals surface area contributed by atoms with Crippen LogP contribution < -0.4 is 5.32 Å². The molecule has 0 aromatic carbocycles. The molecule has 0 bridgehead atoms. The van der Waals surface area contributed by atoms with Gasteiger partial charge >= 0.3 is 0 Å². The lowest BCUT2D eigenvalue weighted by molar-refractivity contribution is 0.207. The second-order valence-corrected chi connectivity index (χ2v) is 3.82. The van der Waals surface area contributed by atoms with E-state index in [9.17, 15) is 0 Å². The van der Waals surface area contributed by atoms with Crippen molar-refractivity contribution in [1.82, 2.24) is 5.32 Å². The molecule has 0 aromatic rings. The van der Waals surface area contributed by atoms with Gasteiger partial charge in [-0.25, -0.2) is 0 Å². The van der Waals surface area contributed by atoms with E-state index in [1.807, 2.05) is 6.92 Å². The monoisotopic (exact) mass is 169 g/mol. The fraction of sp³-hybridized carbons (Fsp3) is 0.800. The van der Waals surface area contributed by atoms with Gasteiger partial charge < -0.3 is 10.4 Å². The number of nitrogens with one attached hydrogen (secondary N) is 1. The zero-order chi connectivity index (χ0) is 8.97. The zero-order valence-corrected chi connectivity index (χ0v) is 7.84. The number of hydrogen-bond acceptors (Lipinski definition) is 2. The first-order valence-electron chi connectivity index (χ1n) is 4.72. The summed E-state index contributed by atoms with van der Waals surface area (Å²) in [5.74, 6) is 0.476. The molecule has 0 spiro atoms. The van der Waals surface area contributed by atoms with E-state index < -0.39 is 0 Å². The summed E-state index contributed by atoms with van der Waals surface area (Å²) in [4.78, 5) is 0. The van der Waals surface area contributed by atoms with Crippen molar-refractivity contribution < 1.29 is 5.11 Å². The van der Waals surface area contributed by atoms with Crippen molar-refractivity contribution in [3.63, 3.8) is 0 Å². The molecule has 2 heteroatoms. The maximum absolute atomic E-state index is 9.04. The molecule has 12 heavy (non-hydrogen) atoms. The number of aliphatic hydroxyl groups is 1. The molecule has 0 amide bonds. The Balaban J connectivity index is 2.26. The van der Waals surface area contributed by atoms with E-state index in [0.717, 1.165) is 6.54 Å². The minimum atomic E-state index is 0.327. The largest absolute Gasteiger partial charge is 0.396 e. The van der Waals surface area contributed by atoms with Gasteiger partial charge in [0.2, 0.25) is 0 Å². The summed E-state index contributed by atoms with van der Waals surface area (Å²) in [5.41, 5.74) is 1.17. The van der Waals surface area contributed by atoms with Gasteiger partial charge in [0.25, 0.3) is 0 Å². The summed E-state index contributed by atoms with van der Waals surface area (Å²) < 4.78 is 0. The highest BCUT2D eigenvalue weighted by molar-refractivity contribution is 4.93. The summed E-state index contributed by atoms with van der Waals surface area (Å²) in [5, 5.41) is 12.5. The second kappa shape index (κ2) is 4.63. The van der Waals surface area contributed by atoms with Crippen LogP contribution in [0.15, 0.2) is 12.2 Å². The summed E-state index contributed by atoms with van der Waals surface area (Å²) in [6, 6.07) is 0.520. The maximum atomic E-state index is 9.04. The molecule has 2 nitrogen and oxygen atoms in total. The Kier molecular flexibility index (Phi) is 3.76. The Morgan fingerprint density at radius 1 is 1.58 bits per heavy atom. The molecule has 0 aromatic heterocycles. The molecule has 0 saturated heterocycles. The molecule has 2 unspecified atom stereocenters. The van der Waals surface area contributed by atoms with Gasteiger partial charge in [-0.2, -0.15) is 0 Å². The van der Waals surface area contributed by atoms with Crippen LogP contribution in [0.2, 0.25) is 0 Å². The van der Waals surface area contributed by atoms with E-state index in [1.54, 1.807) is 0 Å². The van der Waals surface area contributed by atoms with Crippen molar-refractivity contribution >= 4 is 0 Å². The highest BCUT2D eigenvalue weighted by atomic mass is 16.3. The smallest absolute Gasteiger partial charge is 0.0474 e. The first-order valence-corrected chi connectivity index (χ1v) is 4.72. The fourth-order valence-corrected chi connectivity index (χ4v) is 1.83. The average molecular weight is 169 g/mol. The van der Waals surface area contributed by atoms with Crippen LogP contribution >= 0.6 is 0 Å². The minimum absolute atomic E-state index is 0.327. The van der Waals surface area contributed by atoms with Crippen LogP contribution in [0.3, 0.4) is 0 Å². The highest BCUT2D eigenvalue weighted by Gasteiger charge is 2.25. The van der Waals surface area contributed by atoms with Gasteiger partial charge in [-0.05, 0) is 25.7 Å². The maximum Gasteiger partial charge on any atom is 0.0474 e. The predicted molar refractivity (Wildman–Crippen MR) is 51.0 cm³/mol. The number of rotatable bonds is 4. The Labute approximate surface area is 74.7 Å². The molecule has 2 atom stereocenters. The third kappa shape index (κ3) is 2.61. The van der Waals surface area contributed by atoms with Gasteiger partial charge in [0.05, 0.1) is 0 Å². The standard InChI is InChI=1S/C10H19NO/c1-8(2)6-11-10-5-3-4-9(10)7-12/h9-12H,1,3-7H2,2H3. The lowest BCUT2D eigenvalue weighted by atomic mass is 10.1. The van der Waals surface area contributed by atoms with Crippen LogP contribution in [0, 0.1) is 5.92 Å². The SMILES string of the molecule is C=C(C)CNC1CCCC1CO. The average Bonchev–Trinajstić information content (AvgIpc) is 2.47. The Morgan fingerprint density at radius 2 is 2.33 bits per heavy atom. The first-order chi connectivity index (χ1) is 5.74. The molecule has 1 aliphatic rings. The molecule has 1 rings (SSSR count). The van der Waals surface area contributed by atoms with Gasteiger partial charge in [0, 0.05) is 19.2 Å². The van der Waals surface area contributed by atoms with Crippen molar-refractivity contribution in [3.8, 4) is 0 Å². The summed E-state index contributed by atoms with van der Waals surface area (Å²) in [7, 11) is 0. The summed E-state index contributed by atoms with van der Waals surface area (Å²) in [6.07, 6.45) is 3.63. The molecule has 1 saturated carbocycles. The van der Waals surface area contributed by atoms with Crippen molar-refractivity contribution in [2.45, 2.75) is 32.2 Å². The van der Waals surface area contributed by atoms with E-state index in [4.69, 9.17) is 5.11 Å². The Bertz CT molecular complexity index is 156. The first kappa shape index (κ1) is 9.75. The van der Waals surface area contributed by atoms with Crippen LogP contribution in [0.4, 0.5) is 0 Å². The number of hydrogen-bond donors (Lipinski definition) is 2. The molecule has 70 valence electrons. The minimum Gasteiger partial charge on any atom is -0.396 e. The van der Waals surface area contributed by atoms with E-state index >= 15 is 0 Å². The normalized spacial score (nSPS) is 29.2. The van der Waals surface area contributed by atoms with Gasteiger partial charge in [-0.15, -0.1) is 0 Å². The molecule has 0 heterocycles. The molecular weight excluding hydrogens is 150 g/mol. The lowest BCUT2D eigenvalue weighted by Crippen LogP contribution is -2.34.